The van der Waals surface area contributed by atoms with Crippen LogP contribution in [0.1, 0.15) is 19.8 Å². The van der Waals surface area contributed by atoms with E-state index in [1.54, 1.807) is 0 Å². The molecule has 0 amide bonds. The molecule has 2 rings (SSSR count). The third kappa shape index (κ3) is 0.324. The van der Waals surface area contributed by atoms with E-state index in [9.17, 15) is 0 Å². The van der Waals surface area contributed by atoms with Crippen LogP contribution in [-0.4, -0.2) is 0 Å². The zero-order chi connectivity index (χ0) is 4.91. The molecule has 38 valence electrons. The molecule has 0 spiro atoms. The zero-order valence-corrected chi connectivity index (χ0v) is 4.65. The fourth-order valence-electron chi connectivity index (χ4n) is 1.53. The van der Waals surface area contributed by atoms with Gasteiger partial charge in [-0.3, -0.25) is 0 Å². The molecule has 0 bridgehead atoms. The van der Waals surface area contributed by atoms with Gasteiger partial charge in [-0.2, -0.15) is 0 Å². The highest BCUT2D eigenvalue weighted by atomic mass is 14.5. The Bertz CT molecular complexity index is 124. The van der Waals surface area contributed by atoms with Crippen LogP contribution in [0.5, 0.6) is 0 Å². The molecule has 2 aliphatic carbocycles. The van der Waals surface area contributed by atoms with Crippen molar-refractivity contribution in [2.45, 2.75) is 19.8 Å². The Morgan fingerprint density at radius 3 is 2.71 bits per heavy atom. The van der Waals surface area contributed by atoms with Crippen molar-refractivity contribution >= 4 is 0 Å². The van der Waals surface area contributed by atoms with Crippen LogP contribution in [0.25, 0.3) is 0 Å². The second-order valence-corrected chi connectivity index (χ2v) is 3.04. The van der Waals surface area contributed by atoms with Crippen molar-refractivity contribution in [2.75, 3.05) is 0 Å². The van der Waals surface area contributed by atoms with Gasteiger partial charge < -0.3 is 0 Å². The molecule has 1 fully saturated rings. The highest BCUT2D eigenvalue weighted by Crippen LogP contribution is 2.59. The van der Waals surface area contributed by atoms with Crippen molar-refractivity contribution in [2.24, 2.45) is 11.3 Å². The highest BCUT2D eigenvalue weighted by molar-refractivity contribution is 5.19. The van der Waals surface area contributed by atoms with Gasteiger partial charge in [-0.25, -0.2) is 0 Å². The van der Waals surface area contributed by atoms with Crippen molar-refractivity contribution in [3.8, 4) is 0 Å². The normalized spacial score (nSPS) is 54.7. The Morgan fingerprint density at radius 2 is 2.57 bits per heavy atom. The fourth-order valence-corrected chi connectivity index (χ4v) is 1.53. The van der Waals surface area contributed by atoms with Crippen LogP contribution >= 0.6 is 0 Å². The number of hydrogen-bond acceptors (Lipinski definition) is 0. The Labute approximate surface area is 44.2 Å². The summed E-state index contributed by atoms with van der Waals surface area (Å²) in [4.78, 5) is 0. The molecular formula is C7H10. The monoisotopic (exact) mass is 94.1 g/mol. The predicted octanol–water partition coefficient (Wildman–Crippen LogP) is 1.97. The molecule has 0 saturated heterocycles. The minimum Gasteiger partial charge on any atom is -0.0877 e. The van der Waals surface area contributed by atoms with E-state index in [-0.39, 0.29) is 0 Å². The van der Waals surface area contributed by atoms with Gasteiger partial charge in [0, 0.05) is 0 Å². The molecule has 0 aromatic carbocycles. The van der Waals surface area contributed by atoms with Crippen molar-refractivity contribution < 1.29 is 0 Å². The Balaban J connectivity index is 2.32. The first kappa shape index (κ1) is 3.71. The molecule has 0 N–H and O–H groups in total. The summed E-state index contributed by atoms with van der Waals surface area (Å²) >= 11 is 0. The van der Waals surface area contributed by atoms with Gasteiger partial charge in [0.2, 0.25) is 0 Å². The van der Waals surface area contributed by atoms with E-state index in [0.29, 0.717) is 5.41 Å². The zero-order valence-electron chi connectivity index (χ0n) is 4.65. The standard InChI is InChI=1S/C7H10/c1-7-4-2-3-6(7)5-7/h2,4,6H,3,5H2,1H3/t6-,7-/m0/s1. The van der Waals surface area contributed by atoms with Crippen LogP contribution in [0.4, 0.5) is 0 Å². The summed E-state index contributed by atoms with van der Waals surface area (Å²) in [6.07, 6.45) is 7.51. The molecule has 2 aliphatic rings. The van der Waals surface area contributed by atoms with E-state index < -0.39 is 0 Å². The Kier molecular flexibility index (Phi) is 0.421. The van der Waals surface area contributed by atoms with Crippen molar-refractivity contribution in [3.05, 3.63) is 12.2 Å². The minimum absolute atomic E-state index is 0.681. The van der Waals surface area contributed by atoms with E-state index >= 15 is 0 Å². The van der Waals surface area contributed by atoms with Crippen LogP contribution in [0, 0.1) is 11.3 Å². The SMILES string of the molecule is C[C@@]12C=CC[C@H]1C2. The first-order chi connectivity index (χ1) is 3.31. The first-order valence-electron chi connectivity index (χ1n) is 2.99. The third-order valence-corrected chi connectivity index (χ3v) is 2.38. The summed E-state index contributed by atoms with van der Waals surface area (Å²) in [6, 6.07) is 0. The van der Waals surface area contributed by atoms with Gasteiger partial charge in [-0.1, -0.05) is 19.1 Å². The lowest BCUT2D eigenvalue weighted by molar-refractivity contribution is 0.673. The third-order valence-electron chi connectivity index (χ3n) is 2.38. The summed E-state index contributed by atoms with van der Waals surface area (Å²) in [5, 5.41) is 0. The number of hydrogen-bond donors (Lipinski definition) is 0. The topological polar surface area (TPSA) is 0 Å². The van der Waals surface area contributed by atoms with Crippen LogP contribution in [-0.2, 0) is 0 Å². The summed E-state index contributed by atoms with van der Waals surface area (Å²) in [6.45, 7) is 2.35. The average Bonchev–Trinajstić information content (AvgIpc) is 2.09. The van der Waals surface area contributed by atoms with Gasteiger partial charge in [0.15, 0.2) is 0 Å². The molecule has 0 unspecified atom stereocenters. The predicted molar refractivity (Wildman–Crippen MR) is 30.0 cm³/mol. The molecule has 0 aliphatic heterocycles. The highest BCUT2D eigenvalue weighted by Gasteiger charge is 2.49. The van der Waals surface area contributed by atoms with Crippen molar-refractivity contribution in [1.82, 2.24) is 0 Å². The van der Waals surface area contributed by atoms with Crippen molar-refractivity contribution in [1.29, 1.82) is 0 Å². The lowest BCUT2D eigenvalue weighted by Crippen LogP contribution is -1.82. The molecule has 7 heavy (non-hydrogen) atoms. The molecule has 0 heterocycles. The van der Waals surface area contributed by atoms with Crippen LogP contribution in [0.3, 0.4) is 0 Å². The van der Waals surface area contributed by atoms with E-state index in [2.05, 4.69) is 19.1 Å². The van der Waals surface area contributed by atoms with Gasteiger partial charge in [-0.15, -0.1) is 0 Å². The summed E-state index contributed by atoms with van der Waals surface area (Å²) in [7, 11) is 0. The van der Waals surface area contributed by atoms with E-state index in [0.717, 1.165) is 5.92 Å². The maximum Gasteiger partial charge on any atom is -0.0112 e. The molecule has 0 heteroatoms. The maximum atomic E-state index is 2.37. The summed E-state index contributed by atoms with van der Waals surface area (Å²) < 4.78 is 0. The number of rotatable bonds is 0. The lowest BCUT2D eigenvalue weighted by atomic mass is 10.1. The van der Waals surface area contributed by atoms with E-state index in [1.807, 2.05) is 0 Å². The molecule has 0 aromatic heterocycles. The molecule has 2 atom stereocenters. The molecule has 0 aromatic rings. The largest absolute Gasteiger partial charge is 0.0877 e. The number of allylic oxidation sites excluding steroid dienone is 2. The maximum absolute atomic E-state index is 2.37. The summed E-state index contributed by atoms with van der Waals surface area (Å²) in [5.41, 5.74) is 0.681. The van der Waals surface area contributed by atoms with Crippen molar-refractivity contribution in [3.63, 3.8) is 0 Å². The van der Waals surface area contributed by atoms with Crippen LogP contribution in [0.2, 0.25) is 0 Å². The second-order valence-electron chi connectivity index (χ2n) is 3.04. The van der Waals surface area contributed by atoms with Gasteiger partial charge in [-0.05, 0) is 24.2 Å². The minimum atomic E-state index is 0.681. The Morgan fingerprint density at radius 1 is 1.71 bits per heavy atom. The molecule has 0 radical (unpaired) electrons. The smallest absolute Gasteiger partial charge is 0.0112 e. The quantitative estimate of drug-likeness (QED) is 0.402. The number of fused-ring (bicyclic) bond motifs is 1. The van der Waals surface area contributed by atoms with E-state index in [4.69, 9.17) is 0 Å². The van der Waals surface area contributed by atoms with Gasteiger partial charge >= 0.3 is 0 Å². The summed E-state index contributed by atoms with van der Waals surface area (Å²) in [5.74, 6) is 1.05. The molecule has 0 nitrogen and oxygen atoms in total. The first-order valence-corrected chi connectivity index (χ1v) is 2.99. The van der Waals surface area contributed by atoms with Gasteiger partial charge in [0.25, 0.3) is 0 Å². The average molecular weight is 94.2 g/mol. The van der Waals surface area contributed by atoms with Gasteiger partial charge in [0.05, 0.1) is 0 Å². The van der Waals surface area contributed by atoms with Crippen LogP contribution < -0.4 is 0 Å². The lowest BCUT2D eigenvalue weighted by Gasteiger charge is -1.91. The Hall–Kier alpha value is -0.260. The second kappa shape index (κ2) is 0.795. The molecule has 1 saturated carbocycles. The van der Waals surface area contributed by atoms with Gasteiger partial charge in [0.1, 0.15) is 0 Å². The van der Waals surface area contributed by atoms with E-state index in [1.165, 1.54) is 12.8 Å². The fraction of sp³-hybridized carbons (Fsp3) is 0.714. The van der Waals surface area contributed by atoms with Crippen LogP contribution in [0.15, 0.2) is 12.2 Å². The molecular weight excluding hydrogens is 84.1 g/mol.